The summed E-state index contributed by atoms with van der Waals surface area (Å²) in [5, 5.41) is 5.30. The van der Waals surface area contributed by atoms with Crippen LogP contribution in [-0.4, -0.2) is 99.9 Å². The molecular formula is C48H63N12O10S2-. The van der Waals surface area contributed by atoms with Crippen LogP contribution < -0.4 is 22.1 Å². The van der Waals surface area contributed by atoms with Crippen LogP contribution in [0.25, 0.3) is 44.1 Å². The molecule has 0 bridgehead atoms. The fourth-order valence-corrected chi connectivity index (χ4v) is 7.95. The van der Waals surface area contributed by atoms with Crippen LogP contribution in [0.1, 0.15) is 77.7 Å². The molecule has 0 aliphatic heterocycles. The van der Waals surface area contributed by atoms with E-state index in [9.17, 15) is 31.0 Å². The zero-order valence-corrected chi connectivity index (χ0v) is 42.7. The number of hydrogen-bond donors (Lipinski definition) is 7. The van der Waals surface area contributed by atoms with E-state index in [0.717, 1.165) is 50.0 Å². The molecule has 0 unspecified atom stereocenters. The van der Waals surface area contributed by atoms with Gasteiger partial charge >= 0.3 is 12.2 Å². The van der Waals surface area contributed by atoms with Crippen LogP contribution in [0.4, 0.5) is 9.59 Å². The largest absolute Gasteiger partial charge is 0.748 e. The first-order valence-corrected chi connectivity index (χ1v) is 26.1. The van der Waals surface area contributed by atoms with Crippen molar-refractivity contribution < 1.29 is 45.0 Å². The molecule has 22 nitrogen and oxygen atoms in total. The standard InChI is InChI=1S/C16H23N3O5S.C13H17N3O2.C11H15N3O3S.C8H9N3/c1-16(2,3)24-15(20)17-11-14-18-12-7-4-5-8-13(12)19(14)9-6-10-25(21,22)23;1-13(2,3)18-12(17)14-8-11-15-9-6-4-5-7-10(9)16-11;12-8-11-13-9-4-1-2-5-10(9)14(11)6-3-7-18(15,16)17;9-5-8-10-6-3-1-2-4-7(6)11-8/h4-5,7-8H,6,9-11H2,1-3H3,(H,17,20)(H,21,22,23);4-7H,8H2,1-3H3,(H,14,17)(H,15,16);1-2,4-5H,3,6-8,12H2,(H,15,16,17);1-4H,5,9H2,(H,10,11)/p-1. The van der Waals surface area contributed by atoms with Crippen LogP contribution in [0.15, 0.2) is 97.1 Å². The summed E-state index contributed by atoms with van der Waals surface area (Å²) in [4.78, 5) is 47.0. The number of aryl methyl sites for hydroxylation is 2. The van der Waals surface area contributed by atoms with Gasteiger partial charge in [-0.1, -0.05) is 48.5 Å². The first-order chi connectivity index (χ1) is 33.9. The van der Waals surface area contributed by atoms with Gasteiger partial charge in [-0.25, -0.2) is 37.9 Å². The van der Waals surface area contributed by atoms with Crippen molar-refractivity contribution in [3.05, 3.63) is 120 Å². The van der Waals surface area contributed by atoms with Crippen molar-refractivity contribution in [1.29, 1.82) is 0 Å². The van der Waals surface area contributed by atoms with Crippen molar-refractivity contribution in [2.45, 2.75) is 105 Å². The molecule has 0 aliphatic carbocycles. The van der Waals surface area contributed by atoms with Crippen molar-refractivity contribution in [3.63, 3.8) is 0 Å². The summed E-state index contributed by atoms with van der Waals surface area (Å²) in [5.74, 6) is 2.12. The second-order valence-electron chi connectivity index (χ2n) is 18.1. The Morgan fingerprint density at radius 2 is 1.01 bits per heavy atom. The summed E-state index contributed by atoms with van der Waals surface area (Å²) in [6.45, 7) is 12.8. The van der Waals surface area contributed by atoms with Gasteiger partial charge in [-0.3, -0.25) is 4.55 Å². The lowest BCUT2D eigenvalue weighted by Crippen LogP contribution is -2.32. The summed E-state index contributed by atoms with van der Waals surface area (Å²) in [5.41, 5.74) is 17.1. The molecule has 4 aromatic heterocycles. The molecule has 0 saturated heterocycles. The number of benzene rings is 4. The molecule has 388 valence electrons. The molecule has 0 aliphatic rings. The number of H-pyrrole nitrogens is 2. The molecule has 0 fully saturated rings. The van der Waals surface area contributed by atoms with Gasteiger partial charge in [-0.15, -0.1) is 0 Å². The quantitative estimate of drug-likeness (QED) is 0.0581. The number of hydrogen-bond acceptors (Lipinski definition) is 15. The van der Waals surface area contributed by atoms with Crippen LogP contribution in [0.5, 0.6) is 0 Å². The highest BCUT2D eigenvalue weighted by molar-refractivity contribution is 7.85. The molecule has 4 heterocycles. The summed E-state index contributed by atoms with van der Waals surface area (Å²) >= 11 is 0. The van der Waals surface area contributed by atoms with E-state index in [0.29, 0.717) is 56.6 Å². The minimum absolute atomic E-state index is 0.133. The Hall–Kier alpha value is -6.96. The number of nitrogens with zero attached hydrogens (tertiary/aromatic N) is 6. The third kappa shape index (κ3) is 18.3. The number of carbonyl (C=O) groups is 2. The molecule has 24 heteroatoms. The van der Waals surface area contributed by atoms with Gasteiger partial charge < -0.3 is 55.2 Å². The van der Waals surface area contributed by atoms with Crippen LogP contribution >= 0.6 is 0 Å². The van der Waals surface area contributed by atoms with E-state index in [1.54, 1.807) is 25.3 Å². The van der Waals surface area contributed by atoms with E-state index >= 15 is 0 Å². The Balaban J connectivity index is 0.000000184. The molecular weight excluding hydrogens is 969 g/mol. The van der Waals surface area contributed by atoms with Crippen molar-refractivity contribution >= 4 is 76.6 Å². The van der Waals surface area contributed by atoms with Crippen LogP contribution in [0.2, 0.25) is 0 Å². The fraction of sp³-hybridized carbons (Fsp3) is 0.375. The topological polar surface area (TPSA) is 333 Å². The van der Waals surface area contributed by atoms with E-state index in [2.05, 4.69) is 40.5 Å². The third-order valence-electron chi connectivity index (χ3n) is 9.87. The number of ether oxygens (including phenoxy) is 2. The molecule has 0 radical (unpaired) electrons. The van der Waals surface area contributed by atoms with E-state index in [-0.39, 0.29) is 18.7 Å². The molecule has 72 heavy (non-hydrogen) atoms. The average molecular weight is 1030 g/mol. The number of alkyl carbamates (subject to hydrolysis) is 2. The number of nitrogens with two attached hydrogens (primary N) is 2. The van der Waals surface area contributed by atoms with E-state index in [4.69, 9.17) is 25.5 Å². The van der Waals surface area contributed by atoms with Crippen molar-refractivity contribution in [2.24, 2.45) is 11.5 Å². The predicted octanol–water partition coefficient (Wildman–Crippen LogP) is 6.38. The normalized spacial score (nSPS) is 11.8. The lowest BCUT2D eigenvalue weighted by molar-refractivity contribution is 0.0510. The number of fused-ring (bicyclic) bond motifs is 4. The number of aromatic nitrogens is 8. The molecule has 8 rings (SSSR count). The van der Waals surface area contributed by atoms with Gasteiger partial charge in [-0.2, -0.15) is 8.42 Å². The summed E-state index contributed by atoms with van der Waals surface area (Å²) < 4.78 is 76.5. The number of para-hydroxylation sites is 8. The molecule has 2 amide bonds. The lowest BCUT2D eigenvalue weighted by Gasteiger charge is -2.19. The summed E-state index contributed by atoms with van der Waals surface area (Å²) in [6, 6.07) is 30.5. The molecule has 0 atom stereocenters. The van der Waals surface area contributed by atoms with Gasteiger partial charge in [0.25, 0.3) is 10.1 Å². The first-order valence-electron chi connectivity index (χ1n) is 22.9. The minimum Gasteiger partial charge on any atom is -0.748 e. The number of nitrogens with one attached hydrogen (secondary N) is 4. The third-order valence-corrected chi connectivity index (χ3v) is 11.5. The maximum Gasteiger partial charge on any atom is 0.408 e. The maximum atomic E-state index is 11.8. The molecule has 4 aromatic carbocycles. The summed E-state index contributed by atoms with van der Waals surface area (Å²) in [6.07, 6.45) is -0.506. The highest BCUT2D eigenvalue weighted by Gasteiger charge is 2.19. The average Bonchev–Trinajstić information content (AvgIpc) is 4.09. The molecule has 0 spiro atoms. The Bertz CT molecular complexity index is 3210. The highest BCUT2D eigenvalue weighted by Crippen LogP contribution is 2.19. The predicted molar refractivity (Wildman–Crippen MR) is 274 cm³/mol. The van der Waals surface area contributed by atoms with Crippen molar-refractivity contribution in [1.82, 2.24) is 49.7 Å². The Morgan fingerprint density at radius 1 is 0.597 bits per heavy atom. The van der Waals surface area contributed by atoms with E-state index < -0.39 is 49.4 Å². The second-order valence-corrected chi connectivity index (χ2v) is 21.2. The van der Waals surface area contributed by atoms with Crippen molar-refractivity contribution in [2.75, 3.05) is 11.5 Å². The summed E-state index contributed by atoms with van der Waals surface area (Å²) in [7, 11) is -8.18. The van der Waals surface area contributed by atoms with E-state index in [1.807, 2.05) is 122 Å². The zero-order valence-electron chi connectivity index (χ0n) is 41.1. The number of aromatic amines is 2. The number of amides is 2. The van der Waals surface area contributed by atoms with Crippen LogP contribution in [0, 0.1) is 0 Å². The molecule has 9 N–H and O–H groups in total. The number of carbonyl (C=O) groups excluding carboxylic acids is 2. The zero-order chi connectivity index (χ0) is 52.7. The SMILES string of the molecule is CC(C)(C)OC(=O)NCc1nc2ccccc2[nH]1.CC(C)(C)OC(=O)NCc1nc2ccccc2n1CCCS(=O)(=O)[O-].NCc1nc2ccccc2[nH]1.NCc1nc2ccccc2n1CCCS(=O)(=O)O. The monoisotopic (exact) mass is 1030 g/mol. The van der Waals surface area contributed by atoms with Crippen molar-refractivity contribution in [3.8, 4) is 0 Å². The number of imidazole rings is 4. The highest BCUT2D eigenvalue weighted by atomic mass is 32.2. The number of rotatable bonds is 14. The fourth-order valence-electron chi connectivity index (χ4n) is 6.97. The second kappa shape index (κ2) is 24.9. The van der Waals surface area contributed by atoms with Gasteiger partial charge in [0.2, 0.25) is 0 Å². The van der Waals surface area contributed by atoms with Crippen LogP contribution in [-0.2, 0) is 69.0 Å². The van der Waals surface area contributed by atoms with Gasteiger partial charge in [0.1, 0.15) is 34.5 Å². The van der Waals surface area contributed by atoms with E-state index in [1.165, 1.54) is 0 Å². The Kier molecular flexibility index (Phi) is 19.4. The van der Waals surface area contributed by atoms with Gasteiger partial charge in [0, 0.05) is 18.8 Å². The Morgan fingerprint density at radius 3 is 1.47 bits per heavy atom. The van der Waals surface area contributed by atoms with Gasteiger partial charge in [0.05, 0.1) is 86.2 Å². The first kappa shape index (κ1) is 56.0. The molecule has 8 aromatic rings. The molecule has 0 saturated carbocycles. The smallest absolute Gasteiger partial charge is 0.408 e. The van der Waals surface area contributed by atoms with Gasteiger partial charge in [0.15, 0.2) is 0 Å². The maximum absolute atomic E-state index is 11.8. The Labute approximate surface area is 417 Å². The lowest BCUT2D eigenvalue weighted by atomic mass is 10.2. The van der Waals surface area contributed by atoms with Gasteiger partial charge in [-0.05, 0) is 103 Å². The minimum atomic E-state index is -4.26. The van der Waals surface area contributed by atoms with Crippen LogP contribution in [0.3, 0.4) is 0 Å².